The number of aromatic nitrogens is 1. The Morgan fingerprint density at radius 2 is 0.800 bits per heavy atom. The summed E-state index contributed by atoms with van der Waals surface area (Å²) in [6.45, 7) is 0. The molecule has 280 valence electrons. The van der Waals surface area contributed by atoms with Gasteiger partial charge in [0.25, 0.3) is 0 Å². The monoisotopic (exact) mass is 762 g/mol. The second kappa shape index (κ2) is 13.9. The maximum absolute atomic E-state index is 2.48. The van der Waals surface area contributed by atoms with Gasteiger partial charge in [0.05, 0.1) is 28.1 Å². The fraction of sp³-hybridized carbons (Fsp3) is 0. The van der Waals surface area contributed by atoms with Gasteiger partial charge in [0.1, 0.15) is 0 Å². The van der Waals surface area contributed by atoms with Crippen LogP contribution in [0.2, 0.25) is 0 Å². The lowest BCUT2D eigenvalue weighted by Crippen LogP contribution is -2.12. The van der Waals surface area contributed by atoms with E-state index in [9.17, 15) is 0 Å². The molecule has 60 heavy (non-hydrogen) atoms. The van der Waals surface area contributed by atoms with Gasteiger partial charge in [-0.15, -0.1) is 0 Å². The highest BCUT2D eigenvalue weighted by Crippen LogP contribution is 2.48. The molecule has 2 nitrogen and oxygen atoms in total. The first-order valence-electron chi connectivity index (χ1n) is 20.7. The van der Waals surface area contributed by atoms with E-state index in [0.717, 1.165) is 17.1 Å². The fourth-order valence-corrected chi connectivity index (χ4v) is 9.70. The van der Waals surface area contributed by atoms with Gasteiger partial charge in [-0.2, -0.15) is 0 Å². The molecule has 0 atom stereocenters. The molecule has 1 aromatic heterocycles. The highest BCUT2D eigenvalue weighted by Gasteiger charge is 2.23. The van der Waals surface area contributed by atoms with Crippen LogP contribution in [0.1, 0.15) is 0 Å². The average Bonchev–Trinajstić information content (AvgIpc) is 3.66. The summed E-state index contributed by atoms with van der Waals surface area (Å²) in [5, 5.41) is 10.0. The number of fused-ring (bicyclic) bond motifs is 3. The molecule has 0 aliphatic heterocycles. The molecule has 11 aromatic carbocycles. The van der Waals surface area contributed by atoms with E-state index in [1.807, 2.05) is 0 Å². The van der Waals surface area contributed by atoms with Gasteiger partial charge in [0, 0.05) is 32.8 Å². The molecule has 0 saturated heterocycles. The molecular weight excluding hydrogens is 725 g/mol. The summed E-state index contributed by atoms with van der Waals surface area (Å²) < 4.78 is 2.46. The Hall–Kier alpha value is -7.94. The van der Waals surface area contributed by atoms with Crippen molar-refractivity contribution in [3.63, 3.8) is 0 Å². The maximum atomic E-state index is 2.48. The van der Waals surface area contributed by atoms with Crippen LogP contribution in [0.3, 0.4) is 0 Å². The Kier molecular flexibility index (Phi) is 7.89. The van der Waals surface area contributed by atoms with Crippen molar-refractivity contribution in [1.29, 1.82) is 0 Å². The molecule has 0 spiro atoms. The van der Waals surface area contributed by atoms with Gasteiger partial charge >= 0.3 is 0 Å². The predicted octanol–water partition coefficient (Wildman–Crippen LogP) is 16.2. The van der Waals surface area contributed by atoms with E-state index in [0.29, 0.717) is 0 Å². The van der Waals surface area contributed by atoms with Crippen molar-refractivity contribution in [2.75, 3.05) is 4.90 Å². The zero-order valence-electron chi connectivity index (χ0n) is 32.8. The average molecular weight is 763 g/mol. The molecule has 0 aliphatic rings. The van der Waals surface area contributed by atoms with Gasteiger partial charge in [0.15, 0.2) is 0 Å². The van der Waals surface area contributed by atoms with Crippen molar-refractivity contribution >= 4 is 71.2 Å². The van der Waals surface area contributed by atoms with Gasteiger partial charge in [0.2, 0.25) is 0 Å². The Labute approximate surface area is 348 Å². The summed E-state index contributed by atoms with van der Waals surface area (Å²) >= 11 is 0. The van der Waals surface area contributed by atoms with Gasteiger partial charge < -0.3 is 9.47 Å². The fourth-order valence-electron chi connectivity index (χ4n) is 9.70. The molecule has 0 fully saturated rings. The quantitative estimate of drug-likeness (QED) is 0.147. The number of benzene rings is 11. The molecule has 0 radical (unpaired) electrons. The summed E-state index contributed by atoms with van der Waals surface area (Å²) in [4.78, 5) is 2.48. The zero-order chi connectivity index (χ0) is 39.6. The first-order valence-corrected chi connectivity index (χ1v) is 20.7. The molecule has 2 heteroatoms. The largest absolute Gasteiger partial charge is 0.309 e. The van der Waals surface area contributed by atoms with Crippen LogP contribution in [-0.4, -0.2) is 4.57 Å². The van der Waals surface area contributed by atoms with E-state index in [1.165, 1.54) is 93.2 Å². The molecule has 12 aromatic rings. The minimum absolute atomic E-state index is 1.10. The SMILES string of the molecule is c1ccc(-c2ccccc2-c2cccc(N(c3ccccc3-c3ccccc3)c3ccc4ccc5c(-n6c7ccccc7c7ccccc76)ccc6ccc3c4c65)c2)cc1. The normalized spacial score (nSPS) is 11.7. The van der Waals surface area contributed by atoms with Crippen molar-refractivity contribution in [3.05, 3.63) is 231 Å². The molecular formula is C58H38N2. The molecule has 0 aliphatic carbocycles. The summed E-state index contributed by atoms with van der Waals surface area (Å²) in [7, 11) is 0. The predicted molar refractivity (Wildman–Crippen MR) is 255 cm³/mol. The third-order valence-electron chi connectivity index (χ3n) is 12.3. The minimum atomic E-state index is 1.10. The minimum Gasteiger partial charge on any atom is -0.309 e. The lowest BCUT2D eigenvalue weighted by molar-refractivity contribution is 1.20. The van der Waals surface area contributed by atoms with Gasteiger partial charge in [-0.1, -0.05) is 188 Å². The Bertz CT molecular complexity index is 3490. The summed E-state index contributed by atoms with van der Waals surface area (Å²) in [6, 6.07) is 84.3. The van der Waals surface area contributed by atoms with E-state index in [2.05, 4.69) is 240 Å². The van der Waals surface area contributed by atoms with Crippen LogP contribution < -0.4 is 4.90 Å². The van der Waals surface area contributed by atoms with Crippen LogP contribution in [-0.2, 0) is 0 Å². The van der Waals surface area contributed by atoms with Crippen LogP contribution in [0.25, 0.3) is 93.2 Å². The summed E-state index contributed by atoms with van der Waals surface area (Å²) in [5.74, 6) is 0. The molecule has 0 N–H and O–H groups in total. The number of nitrogens with zero attached hydrogens (tertiary/aromatic N) is 2. The van der Waals surface area contributed by atoms with Crippen LogP contribution >= 0.6 is 0 Å². The van der Waals surface area contributed by atoms with Crippen molar-refractivity contribution in [2.45, 2.75) is 0 Å². The van der Waals surface area contributed by atoms with E-state index >= 15 is 0 Å². The second-order valence-corrected chi connectivity index (χ2v) is 15.6. The second-order valence-electron chi connectivity index (χ2n) is 15.6. The van der Waals surface area contributed by atoms with Crippen LogP contribution in [0.15, 0.2) is 231 Å². The number of hydrogen-bond acceptors (Lipinski definition) is 1. The molecule has 1 heterocycles. The van der Waals surface area contributed by atoms with Crippen molar-refractivity contribution < 1.29 is 0 Å². The number of para-hydroxylation sites is 3. The van der Waals surface area contributed by atoms with E-state index in [4.69, 9.17) is 0 Å². The number of rotatable bonds is 7. The number of hydrogen-bond donors (Lipinski definition) is 0. The molecule has 12 rings (SSSR count). The van der Waals surface area contributed by atoms with Gasteiger partial charge in [-0.25, -0.2) is 0 Å². The third-order valence-corrected chi connectivity index (χ3v) is 12.3. The summed E-state index contributed by atoms with van der Waals surface area (Å²) in [6.07, 6.45) is 0. The van der Waals surface area contributed by atoms with E-state index < -0.39 is 0 Å². The zero-order valence-corrected chi connectivity index (χ0v) is 32.8. The summed E-state index contributed by atoms with van der Waals surface area (Å²) in [5.41, 5.74) is 14.1. The smallest absolute Gasteiger partial charge is 0.0541 e. The van der Waals surface area contributed by atoms with E-state index in [1.54, 1.807) is 0 Å². The third kappa shape index (κ3) is 5.35. The Morgan fingerprint density at radius 3 is 1.50 bits per heavy atom. The molecule has 0 bridgehead atoms. The first-order chi connectivity index (χ1) is 29.8. The standard InChI is InChI=1S/C58H38N2/c1-3-16-39(17-4-1)45-22-7-8-23-46(45)43-20-15-21-44(38-43)59(52-27-12-9-24-47(52)40-18-5-2-6-19-40)55-36-32-41-31-35-51-56(37-33-42-30-34-50(55)57(41)58(42)51)60-53-28-13-10-25-48(53)49-26-11-14-29-54(49)60/h1-38H. The number of anilines is 3. The van der Waals surface area contributed by atoms with Crippen LogP contribution in [0.5, 0.6) is 0 Å². The Morgan fingerprint density at radius 1 is 0.300 bits per heavy atom. The first kappa shape index (κ1) is 34.1. The highest BCUT2D eigenvalue weighted by atomic mass is 15.1. The highest BCUT2D eigenvalue weighted by molar-refractivity contribution is 6.27. The maximum Gasteiger partial charge on any atom is 0.0541 e. The molecule has 0 amide bonds. The molecule has 0 unspecified atom stereocenters. The van der Waals surface area contributed by atoms with Crippen LogP contribution in [0.4, 0.5) is 17.1 Å². The van der Waals surface area contributed by atoms with Gasteiger partial charge in [-0.05, 0) is 91.8 Å². The molecule has 0 saturated carbocycles. The van der Waals surface area contributed by atoms with Crippen LogP contribution in [0, 0.1) is 0 Å². The van der Waals surface area contributed by atoms with Gasteiger partial charge in [-0.3, -0.25) is 0 Å². The van der Waals surface area contributed by atoms with Crippen molar-refractivity contribution in [2.24, 2.45) is 0 Å². The van der Waals surface area contributed by atoms with Crippen molar-refractivity contribution in [1.82, 2.24) is 4.57 Å². The lowest BCUT2D eigenvalue weighted by Gasteiger charge is -2.30. The van der Waals surface area contributed by atoms with E-state index in [-0.39, 0.29) is 0 Å². The van der Waals surface area contributed by atoms with Crippen molar-refractivity contribution in [3.8, 4) is 39.1 Å². The lowest BCUT2D eigenvalue weighted by atomic mass is 9.91. The topological polar surface area (TPSA) is 8.17 Å². The Balaban J connectivity index is 1.12.